The van der Waals surface area contributed by atoms with Crippen LogP contribution in [0.25, 0.3) is 0 Å². The molecule has 0 N–H and O–H groups in total. The van der Waals surface area contributed by atoms with Gasteiger partial charge in [-0.05, 0) is 64.5 Å². The summed E-state index contributed by atoms with van der Waals surface area (Å²) < 4.78 is 0. The van der Waals surface area contributed by atoms with Gasteiger partial charge in [0, 0.05) is 6.04 Å². The van der Waals surface area contributed by atoms with Gasteiger partial charge in [0.2, 0.25) is 0 Å². The second-order valence-electron chi connectivity index (χ2n) is 4.98. The predicted octanol–water partition coefficient (Wildman–Crippen LogP) is 3.69. The third-order valence-corrected chi connectivity index (χ3v) is 3.77. The van der Waals surface area contributed by atoms with E-state index in [1.807, 2.05) is 13.8 Å². The van der Waals surface area contributed by atoms with Crippen LogP contribution in [0.2, 0.25) is 0 Å². The van der Waals surface area contributed by atoms with Gasteiger partial charge in [-0.3, -0.25) is 0 Å². The van der Waals surface area contributed by atoms with E-state index in [2.05, 4.69) is 18.7 Å². The van der Waals surface area contributed by atoms with E-state index in [4.69, 9.17) is 0 Å². The molecule has 0 bridgehead atoms. The van der Waals surface area contributed by atoms with E-state index < -0.39 is 0 Å². The highest BCUT2D eigenvalue weighted by Crippen LogP contribution is 2.53. The van der Waals surface area contributed by atoms with E-state index >= 15 is 0 Å². The fourth-order valence-electron chi connectivity index (χ4n) is 2.47. The molecule has 1 saturated carbocycles. The number of rotatable bonds is 1. The number of hydrogen-bond donors (Lipinski definition) is 0. The van der Waals surface area contributed by atoms with Crippen LogP contribution in [0.4, 0.5) is 0 Å². The summed E-state index contributed by atoms with van der Waals surface area (Å²) in [5.74, 6) is 0. The Morgan fingerprint density at radius 2 is 1.57 bits per heavy atom. The Morgan fingerprint density at radius 1 is 0.929 bits per heavy atom. The molecule has 0 aromatic rings. The molecule has 1 heterocycles. The Kier molecular flexibility index (Phi) is 4.43. The summed E-state index contributed by atoms with van der Waals surface area (Å²) in [7, 11) is 0. The highest BCUT2D eigenvalue weighted by molar-refractivity contribution is 4.95. The Labute approximate surface area is 89.9 Å². The molecular weight excluding hydrogens is 170 g/mol. The molecule has 2 fully saturated rings. The summed E-state index contributed by atoms with van der Waals surface area (Å²) in [6, 6.07) is 0.763. The SMILES string of the molecule is CC.CC(C)N1CCCC2(CC1)CC2. The van der Waals surface area contributed by atoms with Gasteiger partial charge in [0.15, 0.2) is 0 Å². The molecule has 0 radical (unpaired) electrons. The van der Waals surface area contributed by atoms with Crippen LogP contribution in [0.15, 0.2) is 0 Å². The van der Waals surface area contributed by atoms with Crippen LogP contribution >= 0.6 is 0 Å². The third-order valence-electron chi connectivity index (χ3n) is 3.77. The molecule has 1 saturated heterocycles. The largest absolute Gasteiger partial charge is 0.301 e. The molecule has 1 heteroatoms. The molecule has 0 aromatic carbocycles. The Bertz CT molecular complexity index is 159. The average Bonchev–Trinajstić information content (AvgIpc) is 2.98. The van der Waals surface area contributed by atoms with Crippen LogP contribution in [-0.2, 0) is 0 Å². The van der Waals surface area contributed by atoms with Crippen molar-refractivity contribution in [3.05, 3.63) is 0 Å². The summed E-state index contributed by atoms with van der Waals surface area (Å²) in [6.45, 7) is 11.4. The first-order valence-corrected chi connectivity index (χ1v) is 6.46. The van der Waals surface area contributed by atoms with E-state index in [0.717, 1.165) is 11.5 Å². The predicted molar refractivity (Wildman–Crippen MR) is 63.6 cm³/mol. The van der Waals surface area contributed by atoms with Crippen LogP contribution in [0.3, 0.4) is 0 Å². The van der Waals surface area contributed by atoms with Gasteiger partial charge < -0.3 is 4.90 Å². The average molecular weight is 197 g/mol. The smallest absolute Gasteiger partial charge is 0.00385 e. The highest BCUT2D eigenvalue weighted by Gasteiger charge is 2.42. The first-order chi connectivity index (χ1) is 6.72. The van der Waals surface area contributed by atoms with Gasteiger partial charge in [0.25, 0.3) is 0 Å². The second kappa shape index (κ2) is 5.16. The highest BCUT2D eigenvalue weighted by atomic mass is 15.1. The molecule has 0 unspecified atom stereocenters. The first kappa shape index (κ1) is 12.0. The summed E-state index contributed by atoms with van der Waals surface area (Å²) in [5, 5.41) is 0. The molecule has 14 heavy (non-hydrogen) atoms. The van der Waals surface area contributed by atoms with Gasteiger partial charge in [-0.25, -0.2) is 0 Å². The Hall–Kier alpha value is -0.0400. The van der Waals surface area contributed by atoms with Crippen molar-refractivity contribution in [2.75, 3.05) is 13.1 Å². The Balaban J connectivity index is 0.000000461. The minimum Gasteiger partial charge on any atom is -0.301 e. The molecule has 0 atom stereocenters. The monoisotopic (exact) mass is 197 g/mol. The van der Waals surface area contributed by atoms with Crippen LogP contribution in [0.1, 0.15) is 59.8 Å². The maximum atomic E-state index is 2.65. The molecule has 2 aliphatic rings. The lowest BCUT2D eigenvalue weighted by atomic mass is 9.98. The van der Waals surface area contributed by atoms with Crippen molar-refractivity contribution >= 4 is 0 Å². The van der Waals surface area contributed by atoms with Crippen molar-refractivity contribution in [2.24, 2.45) is 5.41 Å². The molecular formula is C13H27N. The minimum absolute atomic E-state index is 0.763. The van der Waals surface area contributed by atoms with Gasteiger partial charge >= 0.3 is 0 Å². The van der Waals surface area contributed by atoms with Crippen molar-refractivity contribution in [1.29, 1.82) is 0 Å². The maximum Gasteiger partial charge on any atom is 0.00385 e. The summed E-state index contributed by atoms with van der Waals surface area (Å²) in [4.78, 5) is 2.65. The van der Waals surface area contributed by atoms with Gasteiger partial charge in [0.1, 0.15) is 0 Å². The van der Waals surface area contributed by atoms with Crippen LogP contribution < -0.4 is 0 Å². The molecule has 2 rings (SSSR count). The molecule has 1 aliphatic carbocycles. The molecule has 0 aromatic heterocycles. The summed E-state index contributed by atoms with van der Waals surface area (Å²) >= 11 is 0. The van der Waals surface area contributed by atoms with Crippen molar-refractivity contribution in [3.63, 3.8) is 0 Å². The zero-order chi connectivity index (χ0) is 10.6. The zero-order valence-corrected chi connectivity index (χ0v) is 10.5. The topological polar surface area (TPSA) is 3.24 Å². The summed E-state index contributed by atoms with van der Waals surface area (Å²) in [5.41, 5.74) is 0.837. The van der Waals surface area contributed by atoms with Crippen molar-refractivity contribution in [1.82, 2.24) is 4.90 Å². The normalized spacial score (nSPS) is 25.5. The van der Waals surface area contributed by atoms with E-state index in [9.17, 15) is 0 Å². The van der Waals surface area contributed by atoms with Crippen molar-refractivity contribution < 1.29 is 0 Å². The fraction of sp³-hybridized carbons (Fsp3) is 1.00. The maximum absolute atomic E-state index is 2.65. The van der Waals surface area contributed by atoms with Gasteiger partial charge in [0.05, 0.1) is 0 Å². The second-order valence-corrected chi connectivity index (χ2v) is 4.98. The Morgan fingerprint density at radius 3 is 2.07 bits per heavy atom. The van der Waals surface area contributed by atoms with Crippen LogP contribution in [0.5, 0.6) is 0 Å². The standard InChI is InChI=1S/C11H21N.C2H6/c1-10(2)12-8-3-4-11(5-6-11)7-9-12;1-2/h10H,3-9H2,1-2H3;1-2H3. The van der Waals surface area contributed by atoms with Crippen LogP contribution in [-0.4, -0.2) is 24.0 Å². The number of likely N-dealkylation sites (tertiary alicyclic amines) is 1. The molecule has 1 spiro atoms. The van der Waals surface area contributed by atoms with Gasteiger partial charge in [-0.1, -0.05) is 13.8 Å². The van der Waals surface area contributed by atoms with E-state index in [0.29, 0.717) is 0 Å². The number of nitrogens with zero attached hydrogens (tertiary/aromatic N) is 1. The van der Waals surface area contributed by atoms with E-state index in [-0.39, 0.29) is 0 Å². The lowest BCUT2D eigenvalue weighted by Crippen LogP contribution is -2.31. The molecule has 1 nitrogen and oxygen atoms in total. The van der Waals surface area contributed by atoms with Crippen molar-refractivity contribution in [2.45, 2.75) is 65.8 Å². The van der Waals surface area contributed by atoms with Gasteiger partial charge in [-0.15, -0.1) is 0 Å². The molecule has 1 aliphatic heterocycles. The first-order valence-electron chi connectivity index (χ1n) is 6.46. The lowest BCUT2D eigenvalue weighted by molar-refractivity contribution is 0.226. The number of hydrogen-bond acceptors (Lipinski definition) is 1. The van der Waals surface area contributed by atoms with E-state index in [1.54, 1.807) is 0 Å². The quantitative estimate of drug-likeness (QED) is 0.620. The minimum atomic E-state index is 0.763. The molecule has 0 amide bonds. The zero-order valence-electron chi connectivity index (χ0n) is 10.5. The van der Waals surface area contributed by atoms with Crippen LogP contribution in [0, 0.1) is 5.41 Å². The van der Waals surface area contributed by atoms with Crippen molar-refractivity contribution in [3.8, 4) is 0 Å². The lowest BCUT2D eigenvalue weighted by Gasteiger charge is -2.24. The van der Waals surface area contributed by atoms with Gasteiger partial charge in [-0.2, -0.15) is 0 Å². The molecule has 84 valence electrons. The summed E-state index contributed by atoms with van der Waals surface area (Å²) in [6.07, 6.45) is 7.48. The van der Waals surface area contributed by atoms with E-state index in [1.165, 1.54) is 45.2 Å². The third kappa shape index (κ3) is 2.98. The fourth-order valence-corrected chi connectivity index (χ4v) is 2.47.